The van der Waals surface area contributed by atoms with Crippen LogP contribution in [0.3, 0.4) is 0 Å². The summed E-state index contributed by atoms with van der Waals surface area (Å²) >= 11 is 0. The molecule has 1 unspecified atom stereocenters. The molecule has 0 radical (unpaired) electrons. The minimum absolute atomic E-state index is 0.0531. The fourth-order valence-corrected chi connectivity index (χ4v) is 2.68. The first-order chi connectivity index (χ1) is 11.4. The number of aromatic nitrogens is 3. The van der Waals surface area contributed by atoms with E-state index >= 15 is 0 Å². The lowest BCUT2D eigenvalue weighted by Crippen LogP contribution is -2.41. The third-order valence-electron chi connectivity index (χ3n) is 3.82. The van der Waals surface area contributed by atoms with E-state index in [1.165, 1.54) is 0 Å². The summed E-state index contributed by atoms with van der Waals surface area (Å²) in [6, 6.07) is 13.8. The number of fused-ring (bicyclic) bond motifs is 1. The van der Waals surface area contributed by atoms with Crippen LogP contribution in [0.25, 0.3) is 16.7 Å². The molecule has 6 nitrogen and oxygen atoms in total. The van der Waals surface area contributed by atoms with Gasteiger partial charge in [0.1, 0.15) is 12.7 Å². The summed E-state index contributed by atoms with van der Waals surface area (Å²) in [5.41, 5.74) is 1.75. The Bertz CT molecular complexity index is 782. The van der Waals surface area contributed by atoms with Gasteiger partial charge in [0.25, 0.3) is 0 Å². The maximum atomic E-state index is 5.92. The quantitative estimate of drug-likeness (QED) is 0.796. The summed E-state index contributed by atoms with van der Waals surface area (Å²) in [6.45, 7) is 2.89. The van der Waals surface area contributed by atoms with E-state index in [-0.39, 0.29) is 6.10 Å². The van der Waals surface area contributed by atoms with Crippen molar-refractivity contribution in [2.75, 3.05) is 26.3 Å². The summed E-state index contributed by atoms with van der Waals surface area (Å²) in [5.74, 6) is 0.589. The van der Waals surface area contributed by atoms with E-state index < -0.39 is 0 Å². The van der Waals surface area contributed by atoms with E-state index in [2.05, 4.69) is 15.4 Å². The molecule has 1 atom stereocenters. The van der Waals surface area contributed by atoms with Crippen molar-refractivity contribution in [2.24, 2.45) is 0 Å². The van der Waals surface area contributed by atoms with Crippen molar-refractivity contribution >= 4 is 11.0 Å². The fourth-order valence-electron chi connectivity index (χ4n) is 2.68. The van der Waals surface area contributed by atoms with Crippen molar-refractivity contribution in [1.82, 2.24) is 20.1 Å². The van der Waals surface area contributed by atoms with Gasteiger partial charge >= 0.3 is 0 Å². The average molecular weight is 310 g/mol. The Morgan fingerprint density at radius 3 is 2.96 bits per heavy atom. The van der Waals surface area contributed by atoms with Gasteiger partial charge < -0.3 is 14.8 Å². The first-order valence-electron chi connectivity index (χ1n) is 7.76. The molecule has 3 aromatic rings. The summed E-state index contributed by atoms with van der Waals surface area (Å²) in [4.78, 5) is 4.45. The zero-order valence-corrected chi connectivity index (χ0v) is 12.7. The van der Waals surface area contributed by atoms with E-state index in [9.17, 15) is 0 Å². The number of hydrogen-bond acceptors (Lipinski definition) is 5. The van der Waals surface area contributed by atoms with Gasteiger partial charge in [0.15, 0.2) is 5.65 Å². The first-order valence-corrected chi connectivity index (χ1v) is 7.76. The van der Waals surface area contributed by atoms with Crippen LogP contribution >= 0.6 is 0 Å². The van der Waals surface area contributed by atoms with Crippen LogP contribution in [0.1, 0.15) is 0 Å². The normalized spacial score (nSPS) is 18.2. The molecule has 0 bridgehead atoms. The molecule has 0 spiro atoms. The lowest BCUT2D eigenvalue weighted by molar-refractivity contribution is -0.000505. The molecule has 118 valence electrons. The predicted octanol–water partition coefficient (Wildman–Crippen LogP) is 1.79. The average Bonchev–Trinajstić information content (AvgIpc) is 3.01. The Kier molecular flexibility index (Phi) is 3.92. The topological polar surface area (TPSA) is 61.2 Å². The lowest BCUT2D eigenvalue weighted by atomic mass is 10.3. The van der Waals surface area contributed by atoms with Crippen molar-refractivity contribution in [3.63, 3.8) is 0 Å². The number of benzene rings is 1. The Hall–Kier alpha value is -2.44. The molecule has 4 rings (SSSR count). The molecule has 2 aromatic heterocycles. The molecular weight excluding hydrogens is 292 g/mol. The van der Waals surface area contributed by atoms with Crippen LogP contribution in [-0.2, 0) is 4.74 Å². The molecular formula is C17H18N4O2. The highest BCUT2D eigenvalue weighted by Crippen LogP contribution is 2.25. The van der Waals surface area contributed by atoms with E-state index in [0.29, 0.717) is 12.5 Å². The molecule has 1 N–H and O–H groups in total. The second kappa shape index (κ2) is 6.36. The highest BCUT2D eigenvalue weighted by molar-refractivity contribution is 5.82. The monoisotopic (exact) mass is 310 g/mol. The molecule has 0 saturated carbocycles. The van der Waals surface area contributed by atoms with Gasteiger partial charge in [-0.1, -0.05) is 18.2 Å². The van der Waals surface area contributed by atoms with Gasteiger partial charge in [-0.25, -0.2) is 9.67 Å². The van der Waals surface area contributed by atoms with Crippen molar-refractivity contribution in [3.05, 3.63) is 48.7 Å². The van der Waals surface area contributed by atoms with Gasteiger partial charge in [-0.05, 0) is 24.3 Å². The zero-order valence-electron chi connectivity index (χ0n) is 12.7. The molecule has 1 aliphatic rings. The molecule has 1 aromatic carbocycles. The zero-order chi connectivity index (χ0) is 15.5. The minimum atomic E-state index is 0.0531. The first kappa shape index (κ1) is 14.2. The molecule has 0 aliphatic carbocycles. The standard InChI is InChI=1S/C17H18N4O2/c1-2-5-13(6-3-1)21-16-15(7-4-8-19-16)17(20-21)23-12-14-11-18-9-10-22-14/h1-8,14,18H,9-12H2. The number of ether oxygens (including phenoxy) is 2. The van der Waals surface area contributed by atoms with Crippen LogP contribution in [0, 0.1) is 0 Å². The summed E-state index contributed by atoms with van der Waals surface area (Å²) in [5, 5.41) is 8.80. The Balaban J connectivity index is 1.64. The lowest BCUT2D eigenvalue weighted by Gasteiger charge is -2.23. The fraction of sp³-hybridized carbons (Fsp3) is 0.294. The second-order valence-corrected chi connectivity index (χ2v) is 5.44. The van der Waals surface area contributed by atoms with E-state index in [4.69, 9.17) is 9.47 Å². The van der Waals surface area contributed by atoms with Gasteiger partial charge in [-0.3, -0.25) is 0 Å². The predicted molar refractivity (Wildman–Crippen MR) is 87.0 cm³/mol. The smallest absolute Gasteiger partial charge is 0.243 e. The summed E-state index contributed by atoms with van der Waals surface area (Å²) in [6.07, 6.45) is 1.82. The van der Waals surface area contributed by atoms with Crippen LogP contribution in [-0.4, -0.2) is 47.2 Å². The minimum Gasteiger partial charge on any atom is -0.473 e. The van der Waals surface area contributed by atoms with Crippen molar-refractivity contribution in [2.45, 2.75) is 6.10 Å². The number of nitrogens with one attached hydrogen (secondary N) is 1. The van der Waals surface area contributed by atoms with E-state index in [0.717, 1.165) is 36.4 Å². The highest BCUT2D eigenvalue weighted by atomic mass is 16.5. The third-order valence-corrected chi connectivity index (χ3v) is 3.82. The molecule has 1 saturated heterocycles. The Labute approximate surface area is 134 Å². The van der Waals surface area contributed by atoms with Crippen molar-refractivity contribution in [3.8, 4) is 11.6 Å². The molecule has 6 heteroatoms. The number of hydrogen-bond donors (Lipinski definition) is 1. The number of morpholine rings is 1. The largest absolute Gasteiger partial charge is 0.473 e. The maximum Gasteiger partial charge on any atom is 0.243 e. The molecule has 23 heavy (non-hydrogen) atoms. The van der Waals surface area contributed by atoms with Gasteiger partial charge in [-0.15, -0.1) is 5.10 Å². The van der Waals surface area contributed by atoms with Crippen molar-refractivity contribution < 1.29 is 9.47 Å². The van der Waals surface area contributed by atoms with Crippen LogP contribution in [0.4, 0.5) is 0 Å². The number of pyridine rings is 1. The SMILES string of the molecule is c1ccc(-n2nc(OCC3CNCCO3)c3cccnc32)cc1. The van der Waals surface area contributed by atoms with Gasteiger partial charge in [-0.2, -0.15) is 0 Å². The highest BCUT2D eigenvalue weighted by Gasteiger charge is 2.18. The maximum absolute atomic E-state index is 5.92. The molecule has 1 aliphatic heterocycles. The van der Waals surface area contributed by atoms with E-state index in [1.807, 2.05) is 47.1 Å². The molecule has 1 fully saturated rings. The van der Waals surface area contributed by atoms with Crippen LogP contribution in [0.5, 0.6) is 5.88 Å². The Morgan fingerprint density at radius 1 is 1.22 bits per heavy atom. The molecule has 3 heterocycles. The summed E-state index contributed by atoms with van der Waals surface area (Å²) < 4.78 is 13.4. The van der Waals surface area contributed by atoms with E-state index in [1.54, 1.807) is 6.20 Å². The number of rotatable bonds is 4. The number of nitrogens with zero attached hydrogens (tertiary/aromatic N) is 3. The summed E-state index contributed by atoms with van der Waals surface area (Å²) in [7, 11) is 0. The van der Waals surface area contributed by atoms with Crippen molar-refractivity contribution in [1.29, 1.82) is 0 Å². The van der Waals surface area contributed by atoms with Gasteiger partial charge in [0.05, 0.1) is 17.7 Å². The van der Waals surface area contributed by atoms with Crippen LogP contribution in [0.15, 0.2) is 48.7 Å². The van der Waals surface area contributed by atoms with Gasteiger partial charge in [0.2, 0.25) is 5.88 Å². The third kappa shape index (κ3) is 2.91. The van der Waals surface area contributed by atoms with Gasteiger partial charge in [0, 0.05) is 19.3 Å². The van der Waals surface area contributed by atoms with Crippen LogP contribution in [0.2, 0.25) is 0 Å². The second-order valence-electron chi connectivity index (χ2n) is 5.44. The number of para-hydroxylation sites is 1. The molecule has 0 amide bonds. The Morgan fingerprint density at radius 2 is 2.13 bits per heavy atom. The van der Waals surface area contributed by atoms with Crippen LogP contribution < -0.4 is 10.1 Å².